The lowest BCUT2D eigenvalue weighted by atomic mass is 10.2. The van der Waals surface area contributed by atoms with Crippen LogP contribution in [0.2, 0.25) is 0 Å². The molecular formula is C20H15F4NO4S2. The number of nitrogens with two attached hydrogens (primary N) is 1. The molecule has 2 N–H and O–H groups in total. The van der Waals surface area contributed by atoms with Gasteiger partial charge in [-0.15, -0.1) is 0 Å². The fourth-order valence-electron chi connectivity index (χ4n) is 2.83. The number of alkyl halides is 3. The molecule has 0 spiro atoms. The van der Waals surface area contributed by atoms with Gasteiger partial charge in [-0.3, -0.25) is 0 Å². The van der Waals surface area contributed by atoms with E-state index in [1.165, 1.54) is 24.3 Å². The second kappa shape index (κ2) is 8.06. The molecule has 3 rings (SSSR count). The monoisotopic (exact) mass is 473 g/mol. The summed E-state index contributed by atoms with van der Waals surface area (Å²) in [6, 6.07) is 10.3. The van der Waals surface area contributed by atoms with Crippen LogP contribution in [0.1, 0.15) is 11.1 Å². The van der Waals surface area contributed by atoms with Crippen LogP contribution in [-0.4, -0.2) is 16.8 Å². The summed E-state index contributed by atoms with van der Waals surface area (Å²) in [5.41, 5.74) is 4.67. The highest BCUT2D eigenvalue weighted by Gasteiger charge is 2.36. The molecule has 0 radical (unpaired) electrons. The van der Waals surface area contributed by atoms with E-state index < -0.39 is 51.9 Å². The van der Waals surface area contributed by atoms with Crippen LogP contribution in [0.4, 0.5) is 17.6 Å². The third kappa shape index (κ3) is 4.34. The minimum atomic E-state index is -4.96. The van der Waals surface area contributed by atoms with E-state index in [-0.39, 0.29) is 17.5 Å². The fourth-order valence-corrected chi connectivity index (χ4v) is 6.24. The van der Waals surface area contributed by atoms with Gasteiger partial charge >= 0.3 is 6.18 Å². The average Bonchev–Trinajstić information content (AvgIpc) is 2.73. The number of hydrogen-bond acceptors (Lipinski definition) is 5. The van der Waals surface area contributed by atoms with Crippen LogP contribution in [0.25, 0.3) is 0 Å². The molecule has 0 aliphatic heterocycles. The fraction of sp³-hybridized carbons (Fsp3) is 0.100. The number of benzene rings is 3. The van der Waals surface area contributed by atoms with Crippen molar-refractivity contribution in [2.75, 3.05) is 0 Å². The molecule has 0 aliphatic carbocycles. The second-order valence-corrected chi connectivity index (χ2v) is 10.2. The Hall–Kier alpha value is -2.76. The molecule has 0 saturated carbocycles. The van der Waals surface area contributed by atoms with E-state index >= 15 is 0 Å². The minimum absolute atomic E-state index is 0.119. The molecule has 11 heteroatoms. The molecule has 0 bridgehead atoms. The van der Waals surface area contributed by atoms with E-state index in [0.717, 1.165) is 24.3 Å². The first-order valence-electron chi connectivity index (χ1n) is 8.64. The first kappa shape index (κ1) is 22.9. The summed E-state index contributed by atoms with van der Waals surface area (Å²) in [6.45, 7) is 0.119. The van der Waals surface area contributed by atoms with Crippen molar-refractivity contribution in [3.05, 3.63) is 83.7 Å². The number of sulfone groups is 2. The van der Waals surface area contributed by atoms with Gasteiger partial charge in [-0.05, 0) is 48.0 Å². The van der Waals surface area contributed by atoms with E-state index in [4.69, 9.17) is 5.73 Å². The van der Waals surface area contributed by atoms with Gasteiger partial charge in [0.15, 0.2) is 0 Å². The molecule has 0 aromatic heterocycles. The highest BCUT2D eigenvalue weighted by atomic mass is 32.2. The van der Waals surface area contributed by atoms with Crippen LogP contribution in [0.3, 0.4) is 0 Å². The maximum atomic E-state index is 14.2. The first-order valence-corrected chi connectivity index (χ1v) is 11.6. The van der Waals surface area contributed by atoms with Gasteiger partial charge in [0.25, 0.3) is 0 Å². The van der Waals surface area contributed by atoms with E-state index in [2.05, 4.69) is 0 Å². The van der Waals surface area contributed by atoms with Crippen LogP contribution in [0, 0.1) is 5.82 Å². The van der Waals surface area contributed by atoms with Crippen molar-refractivity contribution in [3.8, 4) is 0 Å². The highest BCUT2D eigenvalue weighted by molar-refractivity contribution is 7.94. The largest absolute Gasteiger partial charge is 0.416 e. The van der Waals surface area contributed by atoms with Crippen LogP contribution in [0.5, 0.6) is 0 Å². The van der Waals surface area contributed by atoms with Crippen molar-refractivity contribution in [3.63, 3.8) is 0 Å². The molecule has 0 heterocycles. The number of rotatable bonds is 5. The van der Waals surface area contributed by atoms with Gasteiger partial charge in [0, 0.05) is 6.54 Å². The Morgan fingerprint density at radius 2 is 1.35 bits per heavy atom. The summed E-state index contributed by atoms with van der Waals surface area (Å²) >= 11 is 0. The number of hydrogen-bond donors (Lipinski definition) is 1. The van der Waals surface area contributed by atoms with Gasteiger partial charge in [-0.2, -0.15) is 13.2 Å². The predicted octanol–water partition coefficient (Wildman–Crippen LogP) is 3.97. The van der Waals surface area contributed by atoms with Gasteiger partial charge in [0.2, 0.25) is 19.7 Å². The molecule has 0 atom stereocenters. The standard InChI is InChI=1S/C20H15F4NO4S2/c21-16-3-1-2-4-17(16)31(28,29)19-11-14(20(22,23)24)7-10-18(19)30(26,27)15-8-5-13(12-25)6-9-15/h1-11H,12,25H2. The molecule has 0 amide bonds. The minimum Gasteiger partial charge on any atom is -0.326 e. The van der Waals surface area contributed by atoms with Gasteiger partial charge < -0.3 is 5.73 Å². The van der Waals surface area contributed by atoms with Gasteiger partial charge in [-0.25, -0.2) is 21.2 Å². The Labute approximate surface area is 176 Å². The average molecular weight is 473 g/mol. The molecule has 3 aromatic rings. The lowest BCUT2D eigenvalue weighted by Crippen LogP contribution is -2.15. The van der Waals surface area contributed by atoms with Crippen molar-refractivity contribution in [1.82, 2.24) is 0 Å². The summed E-state index contributed by atoms with van der Waals surface area (Å²) in [7, 11) is -9.53. The maximum absolute atomic E-state index is 14.2. The van der Waals surface area contributed by atoms with Gasteiger partial charge in [0.05, 0.1) is 20.2 Å². The third-order valence-electron chi connectivity index (χ3n) is 4.45. The second-order valence-electron chi connectivity index (χ2n) is 6.44. The predicted molar refractivity (Wildman–Crippen MR) is 103 cm³/mol. The Morgan fingerprint density at radius 1 is 0.742 bits per heavy atom. The topological polar surface area (TPSA) is 94.3 Å². The molecule has 0 saturated heterocycles. The molecule has 31 heavy (non-hydrogen) atoms. The smallest absolute Gasteiger partial charge is 0.326 e. The van der Waals surface area contributed by atoms with Gasteiger partial charge in [-0.1, -0.05) is 24.3 Å². The van der Waals surface area contributed by atoms with Crippen molar-refractivity contribution >= 4 is 19.7 Å². The van der Waals surface area contributed by atoms with E-state index in [9.17, 15) is 34.4 Å². The summed E-state index contributed by atoms with van der Waals surface area (Å²) in [5.74, 6) is -1.23. The molecule has 164 valence electrons. The summed E-state index contributed by atoms with van der Waals surface area (Å²) in [6.07, 6.45) is -4.95. The highest BCUT2D eigenvalue weighted by Crippen LogP contribution is 2.37. The Morgan fingerprint density at radius 3 is 1.90 bits per heavy atom. The molecule has 0 aliphatic rings. The molecule has 0 unspecified atom stereocenters. The van der Waals surface area contributed by atoms with E-state index in [1.807, 2.05) is 0 Å². The van der Waals surface area contributed by atoms with Crippen LogP contribution in [-0.2, 0) is 32.4 Å². The Balaban J connectivity index is 2.32. The zero-order valence-corrected chi connectivity index (χ0v) is 17.2. The molecule has 0 fully saturated rings. The summed E-state index contributed by atoms with van der Waals surface area (Å²) in [4.78, 5) is -3.36. The van der Waals surface area contributed by atoms with Crippen molar-refractivity contribution in [1.29, 1.82) is 0 Å². The molecular weight excluding hydrogens is 458 g/mol. The van der Waals surface area contributed by atoms with Crippen LogP contribution < -0.4 is 5.73 Å². The van der Waals surface area contributed by atoms with Crippen molar-refractivity contribution < 1.29 is 34.4 Å². The quantitative estimate of drug-likeness (QED) is 0.566. The summed E-state index contributed by atoms with van der Waals surface area (Å²) < 4.78 is 106. The number of halogens is 4. The zero-order valence-electron chi connectivity index (χ0n) is 15.6. The Bertz CT molecular complexity index is 1330. The first-order chi connectivity index (χ1) is 14.4. The van der Waals surface area contributed by atoms with E-state index in [0.29, 0.717) is 17.7 Å². The van der Waals surface area contributed by atoms with Crippen LogP contribution >= 0.6 is 0 Å². The normalized spacial score (nSPS) is 12.7. The lowest BCUT2D eigenvalue weighted by molar-refractivity contribution is -0.137. The van der Waals surface area contributed by atoms with E-state index in [1.54, 1.807) is 0 Å². The SMILES string of the molecule is NCc1ccc(S(=O)(=O)c2ccc(C(F)(F)F)cc2S(=O)(=O)c2ccccc2F)cc1. The third-order valence-corrected chi connectivity index (χ3v) is 8.23. The molecule has 3 aromatic carbocycles. The summed E-state index contributed by atoms with van der Waals surface area (Å²) in [5, 5.41) is 0. The Kier molecular flexibility index (Phi) is 5.96. The maximum Gasteiger partial charge on any atom is 0.416 e. The molecule has 5 nitrogen and oxygen atoms in total. The zero-order chi connectivity index (χ0) is 23.0. The lowest BCUT2D eigenvalue weighted by Gasteiger charge is -2.15. The van der Waals surface area contributed by atoms with Crippen molar-refractivity contribution in [2.24, 2.45) is 5.73 Å². The van der Waals surface area contributed by atoms with Crippen molar-refractivity contribution in [2.45, 2.75) is 32.3 Å². The van der Waals surface area contributed by atoms with Gasteiger partial charge in [0.1, 0.15) is 10.7 Å². The van der Waals surface area contributed by atoms with Crippen LogP contribution in [0.15, 0.2) is 86.3 Å².